The molecule has 0 aliphatic rings. The van der Waals surface area contributed by atoms with Gasteiger partial charge in [-0.1, -0.05) is 18.6 Å². The van der Waals surface area contributed by atoms with Gasteiger partial charge in [-0.05, 0) is 37.0 Å². The standard InChI is InChI=1S/C13H18F2N2S2/c1-19-6-4-2-3-5-17-12-10(14)7-9(13(16)18)8-11(12)15/h7-8,17H,2-6H2,1H3,(H2,16,18). The van der Waals surface area contributed by atoms with Crippen LogP contribution in [0.2, 0.25) is 0 Å². The molecule has 0 saturated carbocycles. The molecule has 0 spiro atoms. The molecule has 0 radical (unpaired) electrons. The lowest BCUT2D eigenvalue weighted by atomic mass is 10.1. The van der Waals surface area contributed by atoms with Gasteiger partial charge in [0, 0.05) is 12.1 Å². The first-order valence-corrected chi connectivity index (χ1v) is 7.88. The van der Waals surface area contributed by atoms with Crippen LogP contribution in [0.5, 0.6) is 0 Å². The van der Waals surface area contributed by atoms with Crippen molar-refractivity contribution in [2.45, 2.75) is 19.3 Å². The van der Waals surface area contributed by atoms with Gasteiger partial charge in [-0.15, -0.1) is 0 Å². The average molecular weight is 304 g/mol. The highest BCUT2D eigenvalue weighted by Crippen LogP contribution is 2.21. The van der Waals surface area contributed by atoms with Gasteiger partial charge in [0.1, 0.15) is 22.3 Å². The Morgan fingerprint density at radius 3 is 2.42 bits per heavy atom. The molecular weight excluding hydrogens is 286 g/mol. The Balaban J connectivity index is 2.52. The third-order valence-electron chi connectivity index (χ3n) is 2.65. The van der Waals surface area contributed by atoms with Crippen LogP contribution in [0.15, 0.2) is 12.1 Å². The molecule has 106 valence electrons. The molecule has 0 aromatic heterocycles. The van der Waals surface area contributed by atoms with E-state index in [2.05, 4.69) is 11.6 Å². The fourth-order valence-electron chi connectivity index (χ4n) is 1.65. The fourth-order valence-corrected chi connectivity index (χ4v) is 2.26. The number of rotatable bonds is 8. The van der Waals surface area contributed by atoms with Gasteiger partial charge < -0.3 is 11.1 Å². The minimum atomic E-state index is -0.660. The molecule has 2 nitrogen and oxygen atoms in total. The summed E-state index contributed by atoms with van der Waals surface area (Å²) in [5.74, 6) is -0.204. The normalized spacial score (nSPS) is 10.5. The van der Waals surface area contributed by atoms with Crippen LogP contribution in [0.4, 0.5) is 14.5 Å². The van der Waals surface area contributed by atoms with Crippen LogP contribution in [-0.4, -0.2) is 23.5 Å². The molecule has 0 bridgehead atoms. The van der Waals surface area contributed by atoms with Crippen molar-refractivity contribution in [2.75, 3.05) is 23.9 Å². The molecule has 0 fully saturated rings. The minimum absolute atomic E-state index is 0.0126. The number of halogens is 2. The first-order valence-electron chi connectivity index (χ1n) is 6.08. The molecular formula is C13H18F2N2S2. The van der Waals surface area contributed by atoms with Crippen molar-refractivity contribution in [2.24, 2.45) is 5.73 Å². The van der Waals surface area contributed by atoms with Crippen molar-refractivity contribution in [3.8, 4) is 0 Å². The highest BCUT2D eigenvalue weighted by molar-refractivity contribution is 7.98. The molecule has 1 aromatic carbocycles. The van der Waals surface area contributed by atoms with Crippen LogP contribution in [-0.2, 0) is 0 Å². The van der Waals surface area contributed by atoms with Gasteiger partial charge in [-0.2, -0.15) is 11.8 Å². The predicted octanol–water partition coefficient (Wildman–Crippen LogP) is 3.54. The van der Waals surface area contributed by atoms with Crippen molar-refractivity contribution in [1.82, 2.24) is 0 Å². The Hall–Kier alpha value is -0.880. The minimum Gasteiger partial charge on any atom is -0.389 e. The zero-order chi connectivity index (χ0) is 14.3. The Morgan fingerprint density at radius 2 is 1.89 bits per heavy atom. The molecule has 0 unspecified atom stereocenters. The summed E-state index contributed by atoms with van der Waals surface area (Å²) in [6.07, 6.45) is 5.11. The van der Waals surface area contributed by atoms with Crippen molar-refractivity contribution >= 4 is 34.7 Å². The lowest BCUT2D eigenvalue weighted by molar-refractivity contribution is 0.586. The number of nitrogens with two attached hydrogens (primary N) is 1. The summed E-state index contributed by atoms with van der Waals surface area (Å²) in [4.78, 5) is -0.0126. The summed E-state index contributed by atoms with van der Waals surface area (Å²) in [5, 5.41) is 2.78. The summed E-state index contributed by atoms with van der Waals surface area (Å²) < 4.78 is 27.4. The average Bonchev–Trinajstić information content (AvgIpc) is 2.35. The van der Waals surface area contributed by atoms with E-state index in [1.165, 1.54) is 0 Å². The van der Waals surface area contributed by atoms with Crippen LogP contribution in [0.1, 0.15) is 24.8 Å². The van der Waals surface area contributed by atoms with E-state index < -0.39 is 11.6 Å². The fraction of sp³-hybridized carbons (Fsp3) is 0.462. The number of benzene rings is 1. The third-order valence-corrected chi connectivity index (χ3v) is 3.59. The molecule has 0 heterocycles. The Bertz CT molecular complexity index is 416. The Labute approximate surface area is 122 Å². The zero-order valence-corrected chi connectivity index (χ0v) is 12.5. The van der Waals surface area contributed by atoms with Gasteiger partial charge in [-0.25, -0.2) is 8.78 Å². The highest BCUT2D eigenvalue weighted by atomic mass is 32.2. The number of unbranched alkanes of at least 4 members (excludes halogenated alkanes) is 2. The molecule has 0 saturated heterocycles. The molecule has 0 amide bonds. The number of hydrogen-bond acceptors (Lipinski definition) is 3. The number of thiocarbonyl (C=S) groups is 1. The van der Waals surface area contributed by atoms with Crippen LogP contribution < -0.4 is 11.1 Å². The number of anilines is 1. The topological polar surface area (TPSA) is 38.0 Å². The summed E-state index contributed by atoms with van der Waals surface area (Å²) in [6.45, 7) is 0.550. The first kappa shape index (κ1) is 16.2. The summed E-state index contributed by atoms with van der Waals surface area (Å²) in [5.41, 5.74) is 5.44. The lowest BCUT2D eigenvalue weighted by Crippen LogP contribution is -2.12. The van der Waals surface area contributed by atoms with Crippen molar-refractivity contribution in [3.05, 3.63) is 29.3 Å². The van der Waals surface area contributed by atoms with E-state index in [0.29, 0.717) is 6.54 Å². The molecule has 0 atom stereocenters. The molecule has 6 heteroatoms. The molecule has 1 rings (SSSR count). The molecule has 0 aliphatic heterocycles. The number of nitrogens with one attached hydrogen (secondary N) is 1. The Kier molecular flexibility index (Phi) is 7.09. The monoisotopic (exact) mass is 304 g/mol. The number of hydrogen-bond donors (Lipinski definition) is 2. The van der Waals surface area contributed by atoms with Crippen molar-refractivity contribution < 1.29 is 8.78 Å². The van der Waals surface area contributed by atoms with E-state index >= 15 is 0 Å². The summed E-state index contributed by atoms with van der Waals surface area (Å²) in [7, 11) is 0. The second-order valence-corrected chi connectivity index (χ2v) is 5.58. The van der Waals surface area contributed by atoms with Crippen molar-refractivity contribution in [1.29, 1.82) is 0 Å². The van der Waals surface area contributed by atoms with E-state index in [0.717, 1.165) is 37.1 Å². The van der Waals surface area contributed by atoms with E-state index in [1.54, 1.807) is 11.8 Å². The van der Waals surface area contributed by atoms with E-state index in [-0.39, 0.29) is 16.2 Å². The molecule has 3 N–H and O–H groups in total. The SMILES string of the molecule is CSCCCCCNc1c(F)cc(C(N)=S)cc1F. The molecule has 19 heavy (non-hydrogen) atoms. The van der Waals surface area contributed by atoms with E-state index in [1.807, 2.05) is 0 Å². The maximum atomic E-state index is 13.7. The number of thioether (sulfide) groups is 1. The lowest BCUT2D eigenvalue weighted by Gasteiger charge is -2.10. The van der Waals surface area contributed by atoms with Crippen LogP contribution in [0, 0.1) is 11.6 Å². The maximum Gasteiger partial charge on any atom is 0.150 e. The van der Waals surface area contributed by atoms with Gasteiger partial charge in [-0.3, -0.25) is 0 Å². The van der Waals surface area contributed by atoms with Gasteiger partial charge in [0.15, 0.2) is 0 Å². The van der Waals surface area contributed by atoms with Crippen LogP contribution in [0.3, 0.4) is 0 Å². The van der Waals surface area contributed by atoms with Gasteiger partial charge in [0.2, 0.25) is 0 Å². The maximum absolute atomic E-state index is 13.7. The van der Waals surface area contributed by atoms with E-state index in [4.69, 9.17) is 18.0 Å². The predicted molar refractivity (Wildman–Crippen MR) is 83.0 cm³/mol. The van der Waals surface area contributed by atoms with Crippen LogP contribution in [0.25, 0.3) is 0 Å². The largest absolute Gasteiger partial charge is 0.389 e. The van der Waals surface area contributed by atoms with Gasteiger partial charge >= 0.3 is 0 Å². The van der Waals surface area contributed by atoms with Gasteiger partial charge in [0.05, 0.1) is 0 Å². The summed E-state index contributed by atoms with van der Waals surface area (Å²) >= 11 is 6.49. The smallest absolute Gasteiger partial charge is 0.150 e. The zero-order valence-electron chi connectivity index (χ0n) is 10.8. The quantitative estimate of drug-likeness (QED) is 0.569. The van der Waals surface area contributed by atoms with Gasteiger partial charge in [0.25, 0.3) is 0 Å². The third kappa shape index (κ3) is 5.32. The second kappa shape index (κ2) is 8.32. The van der Waals surface area contributed by atoms with Crippen molar-refractivity contribution in [3.63, 3.8) is 0 Å². The van der Waals surface area contributed by atoms with E-state index in [9.17, 15) is 8.78 Å². The second-order valence-electron chi connectivity index (χ2n) is 4.16. The Morgan fingerprint density at radius 1 is 1.26 bits per heavy atom. The highest BCUT2D eigenvalue weighted by Gasteiger charge is 2.11. The summed E-state index contributed by atoms with van der Waals surface area (Å²) in [6, 6.07) is 2.31. The first-order chi connectivity index (χ1) is 9.06. The van der Waals surface area contributed by atoms with Crippen LogP contribution >= 0.6 is 24.0 Å². The molecule has 0 aliphatic carbocycles. The molecule has 1 aromatic rings.